The predicted octanol–water partition coefficient (Wildman–Crippen LogP) is 3.08. The van der Waals surface area contributed by atoms with Crippen LogP contribution in [0.15, 0.2) is 55.4 Å². The van der Waals surface area contributed by atoms with E-state index in [4.69, 9.17) is 4.74 Å². The normalized spacial score (nSPS) is 17.9. The van der Waals surface area contributed by atoms with Crippen LogP contribution < -0.4 is 4.74 Å². The molecule has 1 atom stereocenters. The Bertz CT molecular complexity index is 825. The fraction of sp³-hybridized carbons (Fsp3) is 0.429. The molecule has 1 aliphatic rings. The Labute approximate surface area is 160 Å². The van der Waals surface area contributed by atoms with Crippen molar-refractivity contribution in [1.29, 1.82) is 0 Å². The molecule has 1 aliphatic heterocycles. The highest BCUT2D eigenvalue weighted by Gasteiger charge is 2.23. The highest BCUT2D eigenvalue weighted by molar-refractivity contribution is 5.27. The van der Waals surface area contributed by atoms with E-state index in [2.05, 4.69) is 50.7 Å². The van der Waals surface area contributed by atoms with Crippen molar-refractivity contribution in [2.24, 2.45) is 7.05 Å². The van der Waals surface area contributed by atoms with Gasteiger partial charge in [-0.2, -0.15) is 0 Å². The first-order chi connectivity index (χ1) is 13.3. The number of likely N-dealkylation sites (tertiary alicyclic amines) is 1. The molecule has 2 aromatic heterocycles. The summed E-state index contributed by atoms with van der Waals surface area (Å²) in [5.74, 6) is 2.66. The Balaban J connectivity index is 1.28. The maximum Gasteiger partial charge on any atom is 0.119 e. The lowest BCUT2D eigenvalue weighted by Gasteiger charge is -2.32. The summed E-state index contributed by atoms with van der Waals surface area (Å²) < 4.78 is 10.0. The molecule has 4 rings (SSSR count). The molecule has 3 heterocycles. The highest BCUT2D eigenvalue weighted by Crippen LogP contribution is 2.26. The van der Waals surface area contributed by atoms with E-state index in [0.29, 0.717) is 12.5 Å². The van der Waals surface area contributed by atoms with Crippen molar-refractivity contribution >= 4 is 0 Å². The Morgan fingerprint density at radius 1 is 1.15 bits per heavy atom. The van der Waals surface area contributed by atoms with Crippen LogP contribution in [-0.4, -0.2) is 43.7 Å². The first-order valence-electron chi connectivity index (χ1n) is 9.65. The molecule has 27 heavy (non-hydrogen) atoms. The lowest BCUT2D eigenvalue weighted by Crippen LogP contribution is -2.34. The van der Waals surface area contributed by atoms with E-state index in [-0.39, 0.29) is 0 Å². The minimum absolute atomic E-state index is 0.532. The van der Waals surface area contributed by atoms with Crippen LogP contribution in [0.4, 0.5) is 0 Å². The van der Waals surface area contributed by atoms with Gasteiger partial charge in [-0.05, 0) is 37.1 Å². The summed E-state index contributed by atoms with van der Waals surface area (Å²) in [5.41, 5.74) is 1.33. The number of benzene rings is 1. The number of imidazole rings is 2. The van der Waals surface area contributed by atoms with Crippen LogP contribution in [0.3, 0.4) is 0 Å². The maximum absolute atomic E-state index is 5.83. The van der Waals surface area contributed by atoms with Gasteiger partial charge in [0.2, 0.25) is 0 Å². The molecule has 0 N–H and O–H groups in total. The first kappa shape index (κ1) is 17.8. The molecular formula is C21H27N5O. The van der Waals surface area contributed by atoms with Gasteiger partial charge in [0.15, 0.2) is 0 Å². The van der Waals surface area contributed by atoms with Crippen LogP contribution in [0.25, 0.3) is 0 Å². The largest absolute Gasteiger partial charge is 0.492 e. The molecule has 142 valence electrons. The molecule has 0 amide bonds. The number of ether oxygens (including phenoxy) is 1. The molecule has 0 radical (unpaired) electrons. The zero-order valence-electron chi connectivity index (χ0n) is 15.9. The van der Waals surface area contributed by atoms with E-state index in [1.54, 1.807) is 6.20 Å². The molecule has 0 unspecified atom stereocenters. The van der Waals surface area contributed by atoms with Gasteiger partial charge in [-0.15, -0.1) is 0 Å². The third-order valence-electron chi connectivity index (χ3n) is 5.24. The van der Waals surface area contributed by atoms with E-state index in [0.717, 1.165) is 31.9 Å². The van der Waals surface area contributed by atoms with Crippen molar-refractivity contribution in [2.45, 2.75) is 31.8 Å². The molecule has 6 heteroatoms. The molecule has 6 nitrogen and oxygen atoms in total. The van der Waals surface area contributed by atoms with E-state index in [9.17, 15) is 0 Å². The number of nitrogens with zero attached hydrogens (tertiary/aromatic N) is 5. The van der Waals surface area contributed by atoms with Crippen LogP contribution in [0.1, 0.15) is 30.1 Å². The first-order valence-corrected chi connectivity index (χ1v) is 9.65. The predicted molar refractivity (Wildman–Crippen MR) is 105 cm³/mol. The fourth-order valence-corrected chi connectivity index (χ4v) is 3.82. The van der Waals surface area contributed by atoms with Gasteiger partial charge in [0.25, 0.3) is 0 Å². The second-order valence-electron chi connectivity index (χ2n) is 7.26. The lowest BCUT2D eigenvalue weighted by molar-refractivity contribution is 0.195. The van der Waals surface area contributed by atoms with E-state index in [1.165, 1.54) is 24.2 Å². The summed E-state index contributed by atoms with van der Waals surface area (Å²) >= 11 is 0. The second-order valence-corrected chi connectivity index (χ2v) is 7.26. The Morgan fingerprint density at radius 3 is 2.78 bits per heavy atom. The topological polar surface area (TPSA) is 48.1 Å². The molecule has 3 aromatic rings. The molecule has 1 aromatic carbocycles. The van der Waals surface area contributed by atoms with E-state index < -0.39 is 0 Å². The van der Waals surface area contributed by atoms with Gasteiger partial charge in [-0.3, -0.25) is 4.90 Å². The lowest BCUT2D eigenvalue weighted by atomic mass is 9.96. The molecule has 0 spiro atoms. The molecular weight excluding hydrogens is 338 g/mol. The van der Waals surface area contributed by atoms with Crippen molar-refractivity contribution in [1.82, 2.24) is 24.0 Å². The maximum atomic E-state index is 5.83. The van der Waals surface area contributed by atoms with Crippen molar-refractivity contribution in [3.05, 3.63) is 66.8 Å². The second kappa shape index (κ2) is 8.39. The molecule has 0 saturated carbocycles. The average molecular weight is 365 g/mol. The smallest absolute Gasteiger partial charge is 0.119 e. The third-order valence-corrected chi connectivity index (χ3v) is 5.24. The van der Waals surface area contributed by atoms with Crippen LogP contribution in [0, 0.1) is 0 Å². The van der Waals surface area contributed by atoms with Crippen LogP contribution in [0.5, 0.6) is 5.75 Å². The summed E-state index contributed by atoms with van der Waals surface area (Å²) in [5, 5.41) is 0. The van der Waals surface area contributed by atoms with Gasteiger partial charge in [0.1, 0.15) is 18.2 Å². The van der Waals surface area contributed by atoms with Crippen molar-refractivity contribution in [3.8, 4) is 5.75 Å². The molecule has 1 fully saturated rings. The van der Waals surface area contributed by atoms with Gasteiger partial charge in [-0.25, -0.2) is 9.97 Å². The van der Waals surface area contributed by atoms with E-state index >= 15 is 0 Å². The van der Waals surface area contributed by atoms with Crippen LogP contribution in [0.2, 0.25) is 0 Å². The number of hydrogen-bond donors (Lipinski definition) is 0. The number of piperidine rings is 1. The summed E-state index contributed by atoms with van der Waals surface area (Å²) in [6, 6.07) is 8.50. The van der Waals surface area contributed by atoms with Crippen molar-refractivity contribution in [3.63, 3.8) is 0 Å². The third kappa shape index (κ3) is 4.57. The Morgan fingerprint density at radius 2 is 2.04 bits per heavy atom. The zero-order chi connectivity index (χ0) is 18.5. The minimum Gasteiger partial charge on any atom is -0.492 e. The number of rotatable bonds is 7. The highest BCUT2D eigenvalue weighted by atomic mass is 16.5. The summed E-state index contributed by atoms with van der Waals surface area (Å²) in [6.07, 6.45) is 11.9. The van der Waals surface area contributed by atoms with Crippen molar-refractivity contribution < 1.29 is 4.74 Å². The molecule has 1 saturated heterocycles. The fourth-order valence-electron chi connectivity index (χ4n) is 3.82. The molecule has 0 aliphatic carbocycles. The van der Waals surface area contributed by atoms with E-state index in [1.807, 2.05) is 29.5 Å². The van der Waals surface area contributed by atoms with Crippen molar-refractivity contribution in [2.75, 3.05) is 19.7 Å². The van der Waals surface area contributed by atoms with Gasteiger partial charge in [0.05, 0.1) is 12.9 Å². The monoisotopic (exact) mass is 365 g/mol. The quantitative estimate of drug-likeness (QED) is 0.646. The van der Waals surface area contributed by atoms with Gasteiger partial charge >= 0.3 is 0 Å². The summed E-state index contributed by atoms with van der Waals surface area (Å²) in [6.45, 7) is 4.67. The number of aryl methyl sites for hydroxylation is 1. The van der Waals surface area contributed by atoms with Gasteiger partial charge in [0, 0.05) is 50.8 Å². The van der Waals surface area contributed by atoms with Gasteiger partial charge < -0.3 is 13.9 Å². The standard InChI is InChI=1S/C21H27N5O/c1-24-11-9-23-21(24)19-3-2-10-26(16-19)15-18-4-6-20(7-5-18)27-14-13-25-12-8-22-17-25/h4-9,11-12,17,19H,2-3,10,13-16H2,1H3/t19-/m1/s1. The minimum atomic E-state index is 0.532. The van der Waals surface area contributed by atoms with Crippen LogP contribution >= 0.6 is 0 Å². The summed E-state index contributed by atoms with van der Waals surface area (Å²) in [7, 11) is 2.09. The zero-order valence-corrected chi connectivity index (χ0v) is 15.9. The average Bonchev–Trinajstić information content (AvgIpc) is 3.35. The Kier molecular flexibility index (Phi) is 5.53. The number of aromatic nitrogens is 4. The molecule has 0 bridgehead atoms. The van der Waals surface area contributed by atoms with Gasteiger partial charge in [-0.1, -0.05) is 12.1 Å². The van der Waals surface area contributed by atoms with Crippen LogP contribution in [-0.2, 0) is 20.1 Å². The number of hydrogen-bond acceptors (Lipinski definition) is 4. The SMILES string of the molecule is Cn1ccnc1[C@@H]1CCCN(Cc2ccc(OCCn3ccnc3)cc2)C1. The summed E-state index contributed by atoms with van der Waals surface area (Å²) in [4.78, 5) is 11.1. The Hall–Kier alpha value is -2.60.